The van der Waals surface area contributed by atoms with E-state index in [1.54, 1.807) is 16.7 Å². The number of thiophene rings is 1. The fourth-order valence-corrected chi connectivity index (χ4v) is 6.04. The van der Waals surface area contributed by atoms with Gasteiger partial charge in [0.2, 0.25) is 10.0 Å². The second kappa shape index (κ2) is 7.02. The summed E-state index contributed by atoms with van der Waals surface area (Å²) in [5, 5.41) is 12.7. The first-order valence-corrected chi connectivity index (χ1v) is 11.0. The smallest absolute Gasteiger partial charge is 0.263 e. The molecule has 142 valence electrons. The molecule has 3 aromatic heterocycles. The van der Waals surface area contributed by atoms with E-state index < -0.39 is 22.0 Å². The van der Waals surface area contributed by atoms with E-state index in [1.165, 1.54) is 10.4 Å². The quantitative estimate of drug-likeness (QED) is 0.701. The van der Waals surface area contributed by atoms with Gasteiger partial charge in [-0.15, -0.1) is 21.5 Å². The second-order valence-electron chi connectivity index (χ2n) is 6.41. The average Bonchev–Trinajstić information content (AvgIpc) is 3.41. The molecule has 1 fully saturated rings. The molecule has 1 unspecified atom stereocenters. The molecule has 0 bridgehead atoms. The largest absolute Gasteiger partial charge is 0.342 e. The lowest BCUT2D eigenvalue weighted by atomic mass is 10.3. The van der Waals surface area contributed by atoms with Crippen LogP contribution in [0.2, 0.25) is 0 Å². The summed E-state index contributed by atoms with van der Waals surface area (Å²) in [5.74, 6) is 0.155. The predicted molar refractivity (Wildman–Crippen MR) is 101 cm³/mol. The molecule has 4 heterocycles. The normalized spacial score (nSPS) is 16.6. The first-order chi connectivity index (χ1) is 13.0. The van der Waals surface area contributed by atoms with Crippen molar-refractivity contribution in [2.45, 2.75) is 30.7 Å². The Morgan fingerprint density at radius 1 is 1.22 bits per heavy atom. The maximum absolute atomic E-state index is 12.8. The molecule has 1 N–H and O–H groups in total. The molecule has 8 nitrogen and oxygen atoms in total. The van der Waals surface area contributed by atoms with Gasteiger partial charge in [-0.3, -0.25) is 9.20 Å². The van der Waals surface area contributed by atoms with E-state index in [2.05, 4.69) is 15.5 Å². The number of nitrogens with zero attached hydrogens (tertiary/aromatic N) is 4. The molecular weight excluding hydrogens is 386 g/mol. The van der Waals surface area contributed by atoms with E-state index in [4.69, 9.17) is 0 Å². The molecule has 1 aliphatic rings. The zero-order valence-corrected chi connectivity index (χ0v) is 16.3. The molecule has 0 saturated carbocycles. The van der Waals surface area contributed by atoms with E-state index in [9.17, 15) is 13.2 Å². The second-order valence-corrected chi connectivity index (χ2v) is 9.23. The van der Waals surface area contributed by atoms with Gasteiger partial charge in [-0.25, -0.2) is 8.42 Å². The van der Waals surface area contributed by atoms with Gasteiger partial charge in [0.15, 0.2) is 11.5 Å². The van der Waals surface area contributed by atoms with Gasteiger partial charge in [0, 0.05) is 19.3 Å². The SMILES string of the molecule is CC(NC(=O)c1sccc1S(=O)(=O)N1CCCC1)c1nnc2ccccn12. The van der Waals surface area contributed by atoms with Crippen LogP contribution < -0.4 is 5.32 Å². The zero-order chi connectivity index (χ0) is 19.0. The topological polar surface area (TPSA) is 96.7 Å². The summed E-state index contributed by atoms with van der Waals surface area (Å²) in [4.78, 5) is 13.1. The van der Waals surface area contributed by atoms with Crippen molar-refractivity contribution in [3.05, 3.63) is 46.5 Å². The third-order valence-electron chi connectivity index (χ3n) is 4.59. The van der Waals surface area contributed by atoms with Crippen molar-refractivity contribution in [3.63, 3.8) is 0 Å². The van der Waals surface area contributed by atoms with Crippen LogP contribution in [0.25, 0.3) is 5.65 Å². The zero-order valence-electron chi connectivity index (χ0n) is 14.7. The van der Waals surface area contributed by atoms with Gasteiger partial charge in [0.05, 0.1) is 6.04 Å². The number of carbonyl (C=O) groups is 1. The molecule has 0 radical (unpaired) electrons. The van der Waals surface area contributed by atoms with E-state index >= 15 is 0 Å². The number of rotatable bonds is 5. The van der Waals surface area contributed by atoms with Gasteiger partial charge < -0.3 is 5.32 Å². The van der Waals surface area contributed by atoms with Crippen molar-refractivity contribution >= 4 is 32.9 Å². The fourth-order valence-electron chi connectivity index (χ4n) is 3.22. The van der Waals surface area contributed by atoms with Crippen molar-refractivity contribution in [2.75, 3.05) is 13.1 Å². The Balaban J connectivity index is 1.58. The predicted octanol–water partition coefficient (Wildman–Crippen LogP) is 2.07. The summed E-state index contributed by atoms with van der Waals surface area (Å²) in [7, 11) is -3.65. The highest BCUT2D eigenvalue weighted by atomic mass is 32.2. The lowest BCUT2D eigenvalue weighted by molar-refractivity contribution is 0.0939. The first kappa shape index (κ1) is 18.1. The van der Waals surface area contributed by atoms with Crippen LogP contribution in [0.15, 0.2) is 40.7 Å². The maximum atomic E-state index is 12.8. The standard InChI is InChI=1S/C17H19N5O3S2/c1-12(16-20-19-14-6-2-3-10-22(14)16)18-17(23)15-13(7-11-26-15)27(24,25)21-8-4-5-9-21/h2-3,6-7,10-12H,4-5,8-9H2,1H3,(H,18,23). The van der Waals surface area contributed by atoms with Crippen LogP contribution in [0.5, 0.6) is 0 Å². The highest BCUT2D eigenvalue weighted by Crippen LogP contribution is 2.28. The molecule has 0 spiro atoms. The molecule has 3 aromatic rings. The Morgan fingerprint density at radius 2 is 2.00 bits per heavy atom. The van der Waals surface area contributed by atoms with E-state index in [0.717, 1.165) is 24.2 Å². The number of hydrogen-bond acceptors (Lipinski definition) is 6. The molecule has 1 saturated heterocycles. The molecule has 1 amide bonds. The summed E-state index contributed by atoms with van der Waals surface area (Å²) in [6, 6.07) is 6.61. The van der Waals surface area contributed by atoms with E-state index in [-0.39, 0.29) is 9.77 Å². The molecule has 27 heavy (non-hydrogen) atoms. The van der Waals surface area contributed by atoms with Gasteiger partial charge >= 0.3 is 0 Å². The number of pyridine rings is 1. The minimum atomic E-state index is -3.65. The van der Waals surface area contributed by atoms with Crippen molar-refractivity contribution < 1.29 is 13.2 Å². The Labute approximate surface area is 160 Å². The van der Waals surface area contributed by atoms with Gasteiger partial charge in [-0.2, -0.15) is 4.31 Å². The van der Waals surface area contributed by atoms with Crippen LogP contribution in [0.3, 0.4) is 0 Å². The minimum absolute atomic E-state index is 0.0743. The van der Waals surface area contributed by atoms with Crippen LogP contribution in [0, 0.1) is 0 Å². The van der Waals surface area contributed by atoms with Gasteiger partial charge in [-0.05, 0) is 43.3 Å². The summed E-state index contributed by atoms with van der Waals surface area (Å²) in [6.07, 6.45) is 3.52. The van der Waals surface area contributed by atoms with Crippen molar-refractivity contribution in [1.29, 1.82) is 0 Å². The molecular formula is C17H19N5O3S2. The summed E-state index contributed by atoms with van der Waals surface area (Å²) >= 11 is 1.13. The van der Waals surface area contributed by atoms with Crippen LogP contribution in [-0.2, 0) is 10.0 Å². The lowest BCUT2D eigenvalue weighted by Crippen LogP contribution is -2.31. The Hall–Kier alpha value is -2.30. The lowest BCUT2D eigenvalue weighted by Gasteiger charge is -2.16. The van der Waals surface area contributed by atoms with Crippen LogP contribution in [0.4, 0.5) is 0 Å². The maximum Gasteiger partial charge on any atom is 0.263 e. The molecule has 4 rings (SSSR count). The van der Waals surface area contributed by atoms with Crippen molar-refractivity contribution in [2.24, 2.45) is 0 Å². The fraction of sp³-hybridized carbons (Fsp3) is 0.353. The number of carbonyl (C=O) groups excluding carboxylic acids is 1. The highest BCUT2D eigenvalue weighted by molar-refractivity contribution is 7.89. The summed E-state index contributed by atoms with van der Waals surface area (Å²) in [6.45, 7) is 2.80. The Bertz CT molecular complexity index is 1080. The number of fused-ring (bicyclic) bond motifs is 1. The van der Waals surface area contributed by atoms with Crippen LogP contribution in [-0.4, -0.2) is 46.3 Å². The molecule has 10 heteroatoms. The van der Waals surface area contributed by atoms with E-state index in [0.29, 0.717) is 24.6 Å². The van der Waals surface area contributed by atoms with Crippen LogP contribution >= 0.6 is 11.3 Å². The van der Waals surface area contributed by atoms with Gasteiger partial charge in [0.25, 0.3) is 5.91 Å². The van der Waals surface area contributed by atoms with Gasteiger partial charge in [-0.1, -0.05) is 6.07 Å². The Kier molecular flexibility index (Phi) is 4.70. The Morgan fingerprint density at radius 3 is 2.78 bits per heavy atom. The summed E-state index contributed by atoms with van der Waals surface area (Å²) < 4.78 is 28.9. The number of amides is 1. The monoisotopic (exact) mass is 405 g/mol. The number of aromatic nitrogens is 3. The van der Waals surface area contributed by atoms with E-state index in [1.807, 2.05) is 24.4 Å². The summed E-state index contributed by atoms with van der Waals surface area (Å²) in [5.41, 5.74) is 0.682. The number of sulfonamides is 1. The number of nitrogens with one attached hydrogen (secondary N) is 1. The van der Waals surface area contributed by atoms with Gasteiger partial charge in [0.1, 0.15) is 9.77 Å². The van der Waals surface area contributed by atoms with Crippen LogP contribution in [0.1, 0.15) is 41.3 Å². The highest BCUT2D eigenvalue weighted by Gasteiger charge is 2.32. The first-order valence-electron chi connectivity index (χ1n) is 8.66. The minimum Gasteiger partial charge on any atom is -0.342 e. The third kappa shape index (κ3) is 3.24. The van der Waals surface area contributed by atoms with Crippen molar-refractivity contribution in [3.8, 4) is 0 Å². The van der Waals surface area contributed by atoms with Crippen molar-refractivity contribution in [1.82, 2.24) is 24.2 Å². The molecule has 0 aliphatic carbocycles. The molecule has 0 aromatic carbocycles. The number of hydrogen-bond donors (Lipinski definition) is 1. The molecule has 1 aliphatic heterocycles. The third-order valence-corrected chi connectivity index (χ3v) is 7.58. The average molecular weight is 406 g/mol. The molecule has 1 atom stereocenters.